The quantitative estimate of drug-likeness (QED) is 0.332. The van der Waals surface area contributed by atoms with E-state index in [-0.39, 0.29) is 23.2 Å². The van der Waals surface area contributed by atoms with Crippen LogP contribution in [0.25, 0.3) is 0 Å². The van der Waals surface area contributed by atoms with Crippen molar-refractivity contribution in [1.82, 2.24) is 10.6 Å². The molecule has 1 aliphatic rings. The molecule has 6 nitrogen and oxygen atoms in total. The van der Waals surface area contributed by atoms with E-state index >= 15 is 0 Å². The third-order valence-electron chi connectivity index (χ3n) is 5.93. The number of carbonyl (C=O) groups is 2. The minimum Gasteiger partial charge on any atom is -0.338 e. The number of hydrogen-bond donors (Lipinski definition) is 4. The average Bonchev–Trinajstić information content (AvgIpc) is 2.81. The Labute approximate surface area is 203 Å². The number of benzene rings is 2. The van der Waals surface area contributed by atoms with Gasteiger partial charge in [0.2, 0.25) is 0 Å². The predicted octanol–water partition coefficient (Wildman–Crippen LogP) is 6.47. The van der Waals surface area contributed by atoms with Crippen LogP contribution in [0.15, 0.2) is 48.5 Å². The molecular formula is C24H26F6N4O2. The Morgan fingerprint density at radius 2 is 1.03 bits per heavy atom. The number of amides is 4. The first-order valence-electron chi connectivity index (χ1n) is 11.3. The molecule has 1 aliphatic carbocycles. The van der Waals surface area contributed by atoms with Crippen LogP contribution in [0, 0.1) is 11.8 Å². The van der Waals surface area contributed by atoms with Gasteiger partial charge in [0, 0.05) is 24.5 Å². The van der Waals surface area contributed by atoms with E-state index in [1.54, 1.807) is 0 Å². The van der Waals surface area contributed by atoms with E-state index in [4.69, 9.17) is 0 Å². The Kier molecular flexibility index (Phi) is 8.70. The Morgan fingerprint density at radius 1 is 0.667 bits per heavy atom. The van der Waals surface area contributed by atoms with Crippen molar-refractivity contribution in [1.29, 1.82) is 0 Å². The molecule has 3 rings (SSSR count). The molecule has 12 heteroatoms. The minimum absolute atomic E-state index is 0.168. The fourth-order valence-corrected chi connectivity index (χ4v) is 4.08. The highest BCUT2D eigenvalue weighted by molar-refractivity contribution is 5.89. The van der Waals surface area contributed by atoms with Gasteiger partial charge in [-0.2, -0.15) is 26.3 Å². The van der Waals surface area contributed by atoms with Crippen molar-refractivity contribution in [3.05, 3.63) is 59.7 Å². The largest absolute Gasteiger partial charge is 0.416 e. The molecule has 2 atom stereocenters. The van der Waals surface area contributed by atoms with Crippen molar-refractivity contribution in [2.75, 3.05) is 23.7 Å². The lowest BCUT2D eigenvalue weighted by molar-refractivity contribution is -0.138. The molecule has 196 valence electrons. The van der Waals surface area contributed by atoms with Gasteiger partial charge < -0.3 is 21.3 Å². The van der Waals surface area contributed by atoms with Crippen molar-refractivity contribution >= 4 is 23.4 Å². The van der Waals surface area contributed by atoms with E-state index in [1.807, 2.05) is 0 Å². The maximum atomic E-state index is 12.6. The molecule has 0 aliphatic heterocycles. The van der Waals surface area contributed by atoms with Crippen molar-refractivity contribution in [3.8, 4) is 0 Å². The number of hydrogen-bond acceptors (Lipinski definition) is 2. The second-order valence-electron chi connectivity index (χ2n) is 8.72. The number of halogens is 6. The van der Waals surface area contributed by atoms with E-state index in [1.165, 1.54) is 24.3 Å². The van der Waals surface area contributed by atoms with E-state index in [2.05, 4.69) is 21.3 Å². The number of rotatable bonds is 6. The Bertz CT molecular complexity index is 941. The van der Waals surface area contributed by atoms with Crippen LogP contribution in [0.5, 0.6) is 0 Å². The standard InChI is InChI=1S/C24H26F6N4O2/c25-23(26,27)17-4-8-19(9-5-17)33-21(35)31-13-15-2-1-3-16(12-15)14-32-22(36)34-20-10-6-18(7-11-20)24(28,29)30/h4-11,15-16H,1-3,12-14H2,(H2,31,33,35)(H2,32,34,36)/t15-,16-/m0/s1. The van der Waals surface area contributed by atoms with Gasteiger partial charge in [-0.15, -0.1) is 0 Å². The zero-order chi connectivity index (χ0) is 26.3. The number of nitrogens with one attached hydrogen (secondary N) is 4. The van der Waals surface area contributed by atoms with Gasteiger partial charge in [0.1, 0.15) is 0 Å². The fourth-order valence-electron chi connectivity index (χ4n) is 4.08. The Morgan fingerprint density at radius 3 is 1.36 bits per heavy atom. The zero-order valence-electron chi connectivity index (χ0n) is 19.1. The number of carbonyl (C=O) groups excluding carboxylic acids is 2. The lowest BCUT2D eigenvalue weighted by Crippen LogP contribution is -2.38. The second kappa shape index (κ2) is 11.5. The summed E-state index contributed by atoms with van der Waals surface area (Å²) in [7, 11) is 0. The Hall–Kier alpha value is -3.44. The molecule has 1 saturated carbocycles. The third-order valence-corrected chi connectivity index (χ3v) is 5.93. The van der Waals surface area contributed by atoms with E-state index < -0.39 is 35.5 Å². The van der Waals surface area contributed by atoms with E-state index in [0.717, 1.165) is 49.9 Å². The minimum atomic E-state index is -4.45. The molecule has 0 saturated heterocycles. The van der Waals surface area contributed by atoms with Gasteiger partial charge in [-0.3, -0.25) is 0 Å². The molecule has 0 spiro atoms. The zero-order valence-corrected chi connectivity index (χ0v) is 19.1. The van der Waals surface area contributed by atoms with Gasteiger partial charge in [0.05, 0.1) is 11.1 Å². The molecule has 36 heavy (non-hydrogen) atoms. The summed E-state index contributed by atoms with van der Waals surface area (Å²) in [6, 6.07) is 7.24. The predicted molar refractivity (Wildman–Crippen MR) is 122 cm³/mol. The Balaban J connectivity index is 1.38. The van der Waals surface area contributed by atoms with Crippen LogP contribution in [0.3, 0.4) is 0 Å². The first kappa shape index (κ1) is 27.2. The monoisotopic (exact) mass is 516 g/mol. The first-order chi connectivity index (χ1) is 16.9. The highest BCUT2D eigenvalue weighted by atomic mass is 19.4. The van der Waals surface area contributed by atoms with Crippen LogP contribution < -0.4 is 21.3 Å². The van der Waals surface area contributed by atoms with Crippen LogP contribution in [-0.4, -0.2) is 25.2 Å². The fraction of sp³-hybridized carbons (Fsp3) is 0.417. The van der Waals surface area contributed by atoms with Crippen molar-refractivity contribution in [2.45, 2.75) is 38.0 Å². The van der Waals surface area contributed by atoms with Gasteiger partial charge in [-0.25, -0.2) is 9.59 Å². The molecule has 1 fully saturated rings. The molecular weight excluding hydrogens is 490 g/mol. The SMILES string of the molecule is O=C(NC[C@H]1CCC[C@H](CNC(=O)Nc2ccc(C(F)(F)F)cc2)C1)Nc1ccc(C(F)(F)F)cc1. The van der Waals surface area contributed by atoms with Crippen LogP contribution >= 0.6 is 0 Å². The van der Waals surface area contributed by atoms with Gasteiger partial charge >= 0.3 is 24.4 Å². The molecule has 2 aromatic rings. The average molecular weight is 516 g/mol. The summed E-state index contributed by atoms with van der Waals surface area (Å²) in [5.74, 6) is 0.337. The van der Waals surface area contributed by atoms with E-state index in [9.17, 15) is 35.9 Å². The third kappa shape index (κ3) is 8.35. The highest BCUT2D eigenvalue weighted by Gasteiger charge is 2.31. The lowest BCUT2D eigenvalue weighted by Gasteiger charge is -2.29. The number of anilines is 2. The van der Waals surface area contributed by atoms with Crippen LogP contribution in [0.4, 0.5) is 47.3 Å². The molecule has 0 radical (unpaired) electrons. The molecule has 2 aromatic carbocycles. The summed E-state index contributed by atoms with van der Waals surface area (Å²) in [6.07, 6.45) is -5.48. The summed E-state index contributed by atoms with van der Waals surface area (Å²) in [4.78, 5) is 24.2. The normalized spacial score (nSPS) is 18.3. The summed E-state index contributed by atoms with van der Waals surface area (Å²) in [6.45, 7) is 0.751. The number of urea groups is 2. The molecule has 0 aromatic heterocycles. The topological polar surface area (TPSA) is 82.3 Å². The lowest BCUT2D eigenvalue weighted by atomic mass is 9.81. The molecule has 0 bridgehead atoms. The highest BCUT2D eigenvalue weighted by Crippen LogP contribution is 2.31. The molecule has 0 heterocycles. The summed E-state index contributed by atoms with van der Waals surface area (Å²) < 4.78 is 75.8. The molecule has 0 unspecified atom stereocenters. The summed E-state index contributed by atoms with van der Waals surface area (Å²) in [5, 5.41) is 10.5. The smallest absolute Gasteiger partial charge is 0.338 e. The molecule has 4 amide bonds. The van der Waals surface area contributed by atoms with Crippen LogP contribution in [0.2, 0.25) is 0 Å². The first-order valence-corrected chi connectivity index (χ1v) is 11.3. The van der Waals surface area contributed by atoms with Crippen LogP contribution in [-0.2, 0) is 12.4 Å². The van der Waals surface area contributed by atoms with Gasteiger partial charge in [0.15, 0.2) is 0 Å². The van der Waals surface area contributed by atoms with Gasteiger partial charge in [-0.05, 0) is 79.6 Å². The summed E-state index contributed by atoms with van der Waals surface area (Å²) >= 11 is 0. The maximum absolute atomic E-state index is 12.6. The summed E-state index contributed by atoms with van der Waals surface area (Å²) in [5.41, 5.74) is -1.12. The van der Waals surface area contributed by atoms with Gasteiger partial charge in [0.25, 0.3) is 0 Å². The number of alkyl halides is 6. The van der Waals surface area contributed by atoms with Crippen molar-refractivity contribution < 1.29 is 35.9 Å². The molecule has 4 N–H and O–H groups in total. The second-order valence-corrected chi connectivity index (χ2v) is 8.72. The van der Waals surface area contributed by atoms with Crippen molar-refractivity contribution in [3.63, 3.8) is 0 Å². The van der Waals surface area contributed by atoms with E-state index in [0.29, 0.717) is 13.1 Å². The maximum Gasteiger partial charge on any atom is 0.416 e. The van der Waals surface area contributed by atoms with Crippen molar-refractivity contribution in [2.24, 2.45) is 11.8 Å². The van der Waals surface area contributed by atoms with Crippen LogP contribution in [0.1, 0.15) is 36.8 Å². The van der Waals surface area contributed by atoms with Gasteiger partial charge in [-0.1, -0.05) is 6.42 Å².